The Bertz CT molecular complexity index is 566. The maximum absolute atomic E-state index is 11.6. The highest BCUT2D eigenvalue weighted by atomic mass is 32.1. The van der Waals surface area contributed by atoms with E-state index in [0.29, 0.717) is 5.13 Å². The van der Waals surface area contributed by atoms with Crippen LogP contribution in [0.1, 0.15) is 0 Å². The number of methoxy groups -OCH3 is 1. The Kier molecular flexibility index (Phi) is 4.03. The molecule has 2 amide bonds. The molecule has 0 aromatic carbocycles. The van der Waals surface area contributed by atoms with Crippen LogP contribution in [-0.4, -0.2) is 39.1 Å². The monoisotopic (exact) mass is 282 g/mol. The molecule has 0 saturated heterocycles. The quantitative estimate of drug-likeness (QED) is 0.847. The van der Waals surface area contributed by atoms with Gasteiger partial charge in [0.05, 0.1) is 13.3 Å². The van der Waals surface area contributed by atoms with Crippen molar-refractivity contribution in [2.24, 2.45) is 0 Å². The lowest BCUT2D eigenvalue weighted by molar-refractivity contribution is -0.116. The first-order valence-electron chi connectivity index (χ1n) is 5.12. The van der Waals surface area contributed by atoms with E-state index < -0.39 is 6.09 Å². The molecule has 10 heteroatoms. The summed E-state index contributed by atoms with van der Waals surface area (Å²) in [5.41, 5.74) is 0. The van der Waals surface area contributed by atoms with Crippen molar-refractivity contribution in [3.05, 3.63) is 17.8 Å². The van der Waals surface area contributed by atoms with Crippen LogP contribution < -0.4 is 10.6 Å². The van der Waals surface area contributed by atoms with Crippen LogP contribution in [0, 0.1) is 0 Å². The van der Waals surface area contributed by atoms with Crippen LogP contribution >= 0.6 is 11.3 Å². The summed E-state index contributed by atoms with van der Waals surface area (Å²) in [4.78, 5) is 26.5. The van der Waals surface area contributed by atoms with Gasteiger partial charge in [0.1, 0.15) is 6.54 Å². The van der Waals surface area contributed by atoms with E-state index in [9.17, 15) is 9.59 Å². The van der Waals surface area contributed by atoms with Crippen LogP contribution in [0.4, 0.5) is 15.7 Å². The number of hydrogen-bond donors (Lipinski definition) is 2. The van der Waals surface area contributed by atoms with Crippen LogP contribution in [0.5, 0.6) is 0 Å². The maximum Gasteiger partial charge on any atom is 0.412 e. The van der Waals surface area contributed by atoms with Crippen molar-refractivity contribution in [2.45, 2.75) is 6.54 Å². The van der Waals surface area contributed by atoms with E-state index in [1.54, 1.807) is 11.6 Å². The molecule has 0 atom stereocenters. The van der Waals surface area contributed by atoms with Gasteiger partial charge in [0.15, 0.2) is 10.9 Å². The Balaban J connectivity index is 1.89. The zero-order chi connectivity index (χ0) is 13.7. The molecule has 0 aliphatic carbocycles. The van der Waals surface area contributed by atoms with Crippen molar-refractivity contribution in [3.63, 3.8) is 0 Å². The van der Waals surface area contributed by atoms with Crippen molar-refractivity contribution < 1.29 is 14.3 Å². The Morgan fingerprint density at radius 1 is 1.47 bits per heavy atom. The minimum Gasteiger partial charge on any atom is -0.453 e. The molecule has 0 bridgehead atoms. The molecular weight excluding hydrogens is 272 g/mol. The van der Waals surface area contributed by atoms with Gasteiger partial charge in [-0.05, 0) is 0 Å². The molecule has 2 aromatic heterocycles. The molecule has 2 N–H and O–H groups in total. The Morgan fingerprint density at radius 3 is 3.00 bits per heavy atom. The average molecular weight is 282 g/mol. The number of aromatic nitrogens is 4. The summed E-state index contributed by atoms with van der Waals surface area (Å²) < 4.78 is 5.69. The van der Waals surface area contributed by atoms with Gasteiger partial charge in [-0.2, -0.15) is 0 Å². The molecule has 100 valence electrons. The highest BCUT2D eigenvalue weighted by Crippen LogP contribution is 2.10. The Morgan fingerprint density at radius 2 is 2.32 bits per heavy atom. The Hall–Kier alpha value is -2.49. The lowest BCUT2D eigenvalue weighted by Crippen LogP contribution is -2.19. The third-order valence-electron chi connectivity index (χ3n) is 1.94. The summed E-state index contributed by atoms with van der Waals surface area (Å²) in [5.74, 6) is -0.0848. The van der Waals surface area contributed by atoms with Crippen molar-refractivity contribution in [2.75, 3.05) is 17.7 Å². The zero-order valence-electron chi connectivity index (χ0n) is 9.86. The number of thiazole rings is 1. The summed E-state index contributed by atoms with van der Waals surface area (Å²) in [6.45, 7) is -0.0323. The number of ether oxygens (including phenoxy) is 1. The van der Waals surface area contributed by atoms with E-state index in [1.807, 2.05) is 0 Å². The fraction of sp³-hybridized carbons (Fsp3) is 0.222. The number of nitrogens with zero attached hydrogens (tertiary/aromatic N) is 4. The minimum absolute atomic E-state index is 0.0323. The first kappa shape index (κ1) is 13.0. The average Bonchev–Trinajstić information content (AvgIpc) is 3.01. The van der Waals surface area contributed by atoms with E-state index >= 15 is 0 Å². The van der Waals surface area contributed by atoms with E-state index in [-0.39, 0.29) is 18.3 Å². The van der Waals surface area contributed by atoms with Gasteiger partial charge in [-0.3, -0.25) is 10.1 Å². The molecular formula is C9H10N6O3S. The van der Waals surface area contributed by atoms with Gasteiger partial charge in [-0.15, -0.1) is 16.4 Å². The molecule has 2 aromatic rings. The lowest BCUT2D eigenvalue weighted by Gasteiger charge is -2.00. The van der Waals surface area contributed by atoms with E-state index in [0.717, 1.165) is 0 Å². The number of rotatable bonds is 4. The number of carbonyl (C=O) groups is 2. The third-order valence-corrected chi connectivity index (χ3v) is 2.63. The second-order valence-electron chi connectivity index (χ2n) is 3.30. The maximum atomic E-state index is 11.6. The SMILES string of the molecule is COC(=O)Nc1cn(CC(=O)Nc2nccs2)nn1. The molecule has 9 nitrogen and oxygen atoms in total. The predicted octanol–water partition coefficient (Wildman–Crippen LogP) is 0.552. The van der Waals surface area contributed by atoms with Crippen molar-refractivity contribution in [1.29, 1.82) is 0 Å². The van der Waals surface area contributed by atoms with Gasteiger partial charge < -0.3 is 10.1 Å². The summed E-state index contributed by atoms with van der Waals surface area (Å²) >= 11 is 1.32. The van der Waals surface area contributed by atoms with Crippen molar-refractivity contribution >= 4 is 34.3 Å². The van der Waals surface area contributed by atoms with Crippen LogP contribution in [0.3, 0.4) is 0 Å². The van der Waals surface area contributed by atoms with E-state index in [2.05, 4.69) is 30.7 Å². The highest BCUT2D eigenvalue weighted by molar-refractivity contribution is 7.13. The number of hydrogen-bond acceptors (Lipinski definition) is 7. The summed E-state index contributed by atoms with van der Waals surface area (Å²) in [5, 5.41) is 14.6. The van der Waals surface area contributed by atoms with E-state index in [4.69, 9.17) is 0 Å². The number of amides is 2. The predicted molar refractivity (Wildman–Crippen MR) is 66.8 cm³/mol. The zero-order valence-corrected chi connectivity index (χ0v) is 10.7. The van der Waals surface area contributed by atoms with Crippen molar-refractivity contribution in [3.8, 4) is 0 Å². The van der Waals surface area contributed by atoms with Gasteiger partial charge in [0, 0.05) is 11.6 Å². The van der Waals surface area contributed by atoms with Gasteiger partial charge in [-0.25, -0.2) is 14.5 Å². The summed E-state index contributed by atoms with van der Waals surface area (Å²) in [7, 11) is 1.24. The van der Waals surface area contributed by atoms with Gasteiger partial charge in [0.25, 0.3) is 0 Å². The third kappa shape index (κ3) is 3.74. The molecule has 0 saturated carbocycles. The second-order valence-corrected chi connectivity index (χ2v) is 4.20. The van der Waals surface area contributed by atoms with Gasteiger partial charge in [0.2, 0.25) is 5.91 Å². The first-order valence-corrected chi connectivity index (χ1v) is 6.00. The topological polar surface area (TPSA) is 111 Å². The van der Waals surface area contributed by atoms with Crippen LogP contribution in [0.25, 0.3) is 0 Å². The fourth-order valence-electron chi connectivity index (χ4n) is 1.18. The molecule has 0 radical (unpaired) electrons. The minimum atomic E-state index is -0.653. The number of carbonyl (C=O) groups excluding carboxylic acids is 2. The standard InChI is InChI=1S/C9H10N6O3S/c1-18-9(17)11-6-4-15(14-13-6)5-7(16)12-8-10-2-3-19-8/h2-4H,5H2,1H3,(H,11,17)(H,10,12,16). The Labute approximate surface area is 111 Å². The molecule has 0 unspecified atom stereocenters. The second kappa shape index (κ2) is 5.91. The van der Waals surface area contributed by atoms with Gasteiger partial charge in [-0.1, -0.05) is 5.21 Å². The number of nitrogens with one attached hydrogen (secondary N) is 2. The summed E-state index contributed by atoms with van der Waals surface area (Å²) in [6.07, 6.45) is 2.35. The first-order chi connectivity index (χ1) is 9.17. The number of anilines is 2. The van der Waals surface area contributed by atoms with Gasteiger partial charge >= 0.3 is 6.09 Å². The molecule has 0 spiro atoms. The molecule has 2 heterocycles. The van der Waals surface area contributed by atoms with Crippen LogP contribution in [-0.2, 0) is 16.1 Å². The van der Waals surface area contributed by atoms with Crippen LogP contribution in [0.15, 0.2) is 17.8 Å². The molecule has 0 aliphatic rings. The lowest BCUT2D eigenvalue weighted by atomic mass is 10.6. The largest absolute Gasteiger partial charge is 0.453 e. The normalized spacial score (nSPS) is 9.95. The fourth-order valence-corrected chi connectivity index (χ4v) is 1.72. The molecule has 2 rings (SSSR count). The molecule has 0 fully saturated rings. The summed E-state index contributed by atoms with van der Waals surface area (Å²) in [6, 6.07) is 0. The van der Waals surface area contributed by atoms with Crippen LogP contribution in [0.2, 0.25) is 0 Å². The highest BCUT2D eigenvalue weighted by Gasteiger charge is 2.09. The molecule has 19 heavy (non-hydrogen) atoms. The smallest absolute Gasteiger partial charge is 0.412 e. The molecule has 0 aliphatic heterocycles. The van der Waals surface area contributed by atoms with Crippen molar-refractivity contribution in [1.82, 2.24) is 20.0 Å². The van der Waals surface area contributed by atoms with E-state index in [1.165, 1.54) is 29.3 Å².